The van der Waals surface area contributed by atoms with Gasteiger partial charge in [0, 0.05) is 34.4 Å². The van der Waals surface area contributed by atoms with Crippen LogP contribution in [0.1, 0.15) is 46.9 Å². The number of hydrogen-bond acceptors (Lipinski definition) is 4. The predicted octanol–water partition coefficient (Wildman–Crippen LogP) is 5.29. The van der Waals surface area contributed by atoms with Gasteiger partial charge in [0.2, 0.25) is 0 Å². The quantitative estimate of drug-likeness (QED) is 0.477. The number of benzene rings is 3. The minimum atomic E-state index is -0.490. The highest BCUT2D eigenvalue weighted by Gasteiger charge is 2.48. The second-order valence-corrected chi connectivity index (χ2v) is 8.18. The van der Waals surface area contributed by atoms with E-state index >= 15 is 0 Å². The van der Waals surface area contributed by atoms with Crippen molar-refractivity contribution in [3.63, 3.8) is 0 Å². The molecule has 0 aromatic heterocycles. The molecule has 3 aromatic carbocycles. The summed E-state index contributed by atoms with van der Waals surface area (Å²) in [6, 6.07) is 18.3. The lowest BCUT2D eigenvalue weighted by Gasteiger charge is -2.34. The number of aromatic hydroxyl groups is 1. The van der Waals surface area contributed by atoms with Crippen molar-refractivity contribution >= 4 is 17.3 Å². The second-order valence-electron chi connectivity index (χ2n) is 8.18. The third-order valence-electron chi connectivity index (χ3n) is 5.82. The van der Waals surface area contributed by atoms with E-state index in [9.17, 15) is 20.0 Å². The molecule has 1 amide bonds. The van der Waals surface area contributed by atoms with Crippen LogP contribution in [0.3, 0.4) is 0 Å². The molecule has 0 aliphatic carbocycles. The number of para-hydroxylation sites is 1. The summed E-state index contributed by atoms with van der Waals surface area (Å²) in [7, 11) is 0. The maximum atomic E-state index is 13.6. The molecule has 3 aromatic rings. The summed E-state index contributed by atoms with van der Waals surface area (Å²) < 4.78 is 0. The van der Waals surface area contributed by atoms with Crippen LogP contribution in [0.25, 0.3) is 0 Å². The van der Waals surface area contributed by atoms with Crippen LogP contribution in [0, 0.1) is 17.0 Å². The molecule has 1 heterocycles. The number of hydrogen-bond donors (Lipinski definition) is 1. The van der Waals surface area contributed by atoms with Crippen molar-refractivity contribution in [2.75, 3.05) is 4.90 Å². The fourth-order valence-corrected chi connectivity index (χ4v) is 4.35. The van der Waals surface area contributed by atoms with Crippen molar-refractivity contribution < 1.29 is 14.8 Å². The zero-order chi connectivity index (χ0) is 21.6. The molecule has 6 nitrogen and oxygen atoms in total. The molecule has 0 spiro atoms. The van der Waals surface area contributed by atoms with Crippen LogP contribution >= 0.6 is 0 Å². The number of rotatable bonds is 3. The lowest BCUT2D eigenvalue weighted by atomic mass is 9.77. The van der Waals surface area contributed by atoms with Gasteiger partial charge in [0.1, 0.15) is 5.75 Å². The zero-order valence-electron chi connectivity index (χ0n) is 17.0. The fourth-order valence-electron chi connectivity index (χ4n) is 4.35. The van der Waals surface area contributed by atoms with Gasteiger partial charge in [-0.2, -0.15) is 0 Å². The van der Waals surface area contributed by atoms with Crippen LogP contribution in [0.15, 0.2) is 66.7 Å². The molecule has 4 rings (SSSR count). The second kappa shape index (κ2) is 6.99. The van der Waals surface area contributed by atoms with Crippen molar-refractivity contribution in [3.8, 4) is 5.75 Å². The van der Waals surface area contributed by atoms with Crippen LogP contribution in [-0.4, -0.2) is 15.9 Å². The Balaban J connectivity index is 1.89. The number of phenols is 1. The number of aryl methyl sites for hydroxylation is 1. The van der Waals surface area contributed by atoms with Gasteiger partial charge in [-0.3, -0.25) is 19.8 Å². The molecule has 1 N–H and O–H groups in total. The maximum absolute atomic E-state index is 13.6. The molecule has 0 saturated heterocycles. The van der Waals surface area contributed by atoms with E-state index in [1.54, 1.807) is 11.0 Å². The number of nitro benzene ring substituents is 1. The largest absolute Gasteiger partial charge is 0.508 e. The topological polar surface area (TPSA) is 83.7 Å². The number of amides is 1. The average molecular weight is 402 g/mol. The molecule has 0 fully saturated rings. The Bertz CT molecular complexity index is 1150. The van der Waals surface area contributed by atoms with Crippen molar-refractivity contribution in [2.24, 2.45) is 0 Å². The van der Waals surface area contributed by atoms with Gasteiger partial charge in [0.25, 0.3) is 11.6 Å². The lowest BCUT2D eigenvalue weighted by molar-refractivity contribution is -0.384. The summed E-state index contributed by atoms with van der Waals surface area (Å²) >= 11 is 0. The number of fused-ring (bicyclic) bond motifs is 1. The first-order valence-corrected chi connectivity index (χ1v) is 9.69. The van der Waals surface area contributed by atoms with E-state index in [-0.39, 0.29) is 17.3 Å². The molecular weight excluding hydrogens is 380 g/mol. The molecule has 152 valence electrons. The highest BCUT2D eigenvalue weighted by Crippen LogP contribution is 2.54. The van der Waals surface area contributed by atoms with Crippen LogP contribution in [0.5, 0.6) is 5.75 Å². The highest BCUT2D eigenvalue weighted by molar-refractivity contribution is 6.08. The van der Waals surface area contributed by atoms with E-state index in [1.807, 2.05) is 43.3 Å². The average Bonchev–Trinajstić information content (AvgIpc) is 2.96. The minimum absolute atomic E-state index is 0.0680. The number of carbonyl (C=O) groups is 1. The van der Waals surface area contributed by atoms with E-state index < -0.39 is 16.4 Å². The molecule has 1 aliphatic rings. The Hall–Kier alpha value is -3.67. The zero-order valence-corrected chi connectivity index (χ0v) is 17.0. The standard InChI is InChI=1S/C24H22N2O4/c1-15-8-13-21(27)18(14-15)22-24(2,3)19-6-4-5-7-20(19)25(22)23(28)16-9-11-17(12-10-16)26(29)30/h4-14,22,27H,1-3H3. The number of phenolic OH excluding ortho intramolecular Hbond substituents is 1. The Morgan fingerprint density at radius 3 is 2.40 bits per heavy atom. The van der Waals surface area contributed by atoms with E-state index in [2.05, 4.69) is 13.8 Å². The van der Waals surface area contributed by atoms with Gasteiger partial charge in [-0.15, -0.1) is 0 Å². The van der Waals surface area contributed by atoms with Crippen molar-refractivity contribution in [2.45, 2.75) is 32.2 Å². The minimum Gasteiger partial charge on any atom is -0.508 e. The number of carbonyl (C=O) groups excluding carboxylic acids is 1. The van der Waals surface area contributed by atoms with E-state index in [0.29, 0.717) is 11.1 Å². The van der Waals surface area contributed by atoms with Crippen LogP contribution in [-0.2, 0) is 5.41 Å². The van der Waals surface area contributed by atoms with Gasteiger partial charge < -0.3 is 5.11 Å². The molecule has 6 heteroatoms. The smallest absolute Gasteiger partial charge is 0.269 e. The number of nitro groups is 1. The van der Waals surface area contributed by atoms with Gasteiger partial charge in [-0.05, 0) is 36.8 Å². The van der Waals surface area contributed by atoms with Crippen molar-refractivity contribution in [1.29, 1.82) is 0 Å². The molecule has 1 unspecified atom stereocenters. The van der Waals surface area contributed by atoms with E-state index in [0.717, 1.165) is 16.8 Å². The Morgan fingerprint density at radius 2 is 1.73 bits per heavy atom. The van der Waals surface area contributed by atoms with Gasteiger partial charge in [0.05, 0.1) is 11.0 Å². The number of non-ortho nitro benzene ring substituents is 1. The van der Waals surface area contributed by atoms with Crippen LogP contribution < -0.4 is 4.90 Å². The first-order chi connectivity index (χ1) is 14.2. The summed E-state index contributed by atoms with van der Waals surface area (Å²) in [6.07, 6.45) is 0. The van der Waals surface area contributed by atoms with Crippen LogP contribution in [0.4, 0.5) is 11.4 Å². The van der Waals surface area contributed by atoms with Gasteiger partial charge in [-0.25, -0.2) is 0 Å². The third-order valence-corrected chi connectivity index (χ3v) is 5.82. The summed E-state index contributed by atoms with van der Waals surface area (Å²) in [4.78, 5) is 25.8. The molecule has 1 atom stereocenters. The number of nitrogens with zero attached hydrogens (tertiary/aromatic N) is 2. The van der Waals surface area contributed by atoms with Gasteiger partial charge >= 0.3 is 0 Å². The third kappa shape index (κ3) is 3.01. The SMILES string of the molecule is Cc1ccc(O)c(C2N(C(=O)c3ccc([N+](=O)[O-])cc3)c3ccccc3C2(C)C)c1. The lowest BCUT2D eigenvalue weighted by Crippen LogP contribution is -2.38. The van der Waals surface area contributed by atoms with Crippen molar-refractivity contribution in [1.82, 2.24) is 0 Å². The van der Waals surface area contributed by atoms with E-state index in [4.69, 9.17) is 0 Å². The van der Waals surface area contributed by atoms with Crippen molar-refractivity contribution in [3.05, 3.63) is 99.1 Å². The van der Waals surface area contributed by atoms with Gasteiger partial charge in [0.15, 0.2) is 0 Å². The Kier molecular flexibility index (Phi) is 4.57. The summed E-state index contributed by atoms with van der Waals surface area (Å²) in [5.41, 5.74) is 3.26. The summed E-state index contributed by atoms with van der Waals surface area (Å²) in [6.45, 7) is 6.06. The Morgan fingerprint density at radius 1 is 1.07 bits per heavy atom. The molecule has 0 radical (unpaired) electrons. The Labute approximate surface area is 174 Å². The number of anilines is 1. The molecule has 0 bridgehead atoms. The normalized spacial score (nSPS) is 16.9. The van der Waals surface area contributed by atoms with Gasteiger partial charge in [-0.1, -0.05) is 49.7 Å². The van der Waals surface area contributed by atoms with E-state index in [1.165, 1.54) is 24.3 Å². The molecule has 1 aliphatic heterocycles. The first kappa shape index (κ1) is 19.6. The predicted molar refractivity (Wildman–Crippen MR) is 115 cm³/mol. The molecule has 30 heavy (non-hydrogen) atoms. The van der Waals surface area contributed by atoms with Crippen LogP contribution in [0.2, 0.25) is 0 Å². The summed E-state index contributed by atoms with van der Waals surface area (Å²) in [5, 5.41) is 21.6. The fraction of sp³-hybridized carbons (Fsp3) is 0.208. The maximum Gasteiger partial charge on any atom is 0.269 e. The molecular formula is C24H22N2O4. The monoisotopic (exact) mass is 402 g/mol. The highest BCUT2D eigenvalue weighted by atomic mass is 16.6. The first-order valence-electron chi connectivity index (χ1n) is 9.69. The summed E-state index contributed by atoms with van der Waals surface area (Å²) in [5.74, 6) is -0.137. The molecule has 0 saturated carbocycles.